The summed E-state index contributed by atoms with van der Waals surface area (Å²) in [6, 6.07) is 3.03. The summed E-state index contributed by atoms with van der Waals surface area (Å²) in [5, 5.41) is 0. The van der Waals surface area contributed by atoms with Crippen LogP contribution < -0.4 is 11.5 Å². The van der Waals surface area contributed by atoms with E-state index in [2.05, 4.69) is 13.1 Å². The molecule has 9 heteroatoms. The van der Waals surface area contributed by atoms with Crippen molar-refractivity contribution in [2.75, 3.05) is 0 Å². The van der Waals surface area contributed by atoms with E-state index in [-0.39, 0.29) is 21.1 Å². The molecule has 1 aliphatic rings. The Kier molecular flexibility index (Phi) is 7.75. The Morgan fingerprint density at radius 3 is 1.40 bits per heavy atom. The smallest absolute Gasteiger partial charge is 0.327 e. The maximum atomic E-state index is 8.74. The van der Waals surface area contributed by atoms with E-state index in [4.69, 9.17) is 29.0 Å². The molecule has 0 bridgehead atoms. The van der Waals surface area contributed by atoms with Crippen molar-refractivity contribution in [2.24, 2.45) is 11.5 Å². The van der Waals surface area contributed by atoms with Crippen LogP contribution in [0.15, 0.2) is 0 Å². The van der Waals surface area contributed by atoms with Gasteiger partial charge in [-0.2, -0.15) is 8.42 Å². The first kappa shape index (κ1) is 18.1. The maximum absolute atomic E-state index is 8.74. The molecule has 6 N–H and O–H groups in total. The Labute approximate surface area is 106 Å². The van der Waals surface area contributed by atoms with Crippen LogP contribution in [-0.2, 0) is 31.5 Å². The molecule has 1 saturated heterocycles. The Bertz CT molecular complexity index is 265. The zero-order valence-corrected chi connectivity index (χ0v) is 12.7. The summed E-state index contributed by atoms with van der Waals surface area (Å²) in [6.07, 6.45) is 0. The Balaban J connectivity index is 0. The average molecular weight is 437 g/mol. The normalized spacial score (nSPS) is 28.7. The standard InChI is InChI=1S/C6H16N2Si.H2O4S.Pt/c1-9(2)3-5(7)6(8)4-9;1-5(2,3)4;/h5-6H,3-4,7-8H2,1-2H3;(H2,1,2,3,4);/t5-,6-;;/m1../s1. The van der Waals surface area contributed by atoms with Gasteiger partial charge in [0.15, 0.2) is 0 Å². The van der Waals surface area contributed by atoms with E-state index in [1.54, 1.807) is 0 Å². The van der Waals surface area contributed by atoms with Gasteiger partial charge in [0.1, 0.15) is 0 Å². The first-order chi connectivity index (χ1) is 6.01. The molecule has 0 aromatic rings. The van der Waals surface area contributed by atoms with Crippen molar-refractivity contribution in [3.05, 3.63) is 0 Å². The van der Waals surface area contributed by atoms with Crippen LogP contribution in [0.25, 0.3) is 0 Å². The molecule has 0 aliphatic carbocycles. The van der Waals surface area contributed by atoms with Crippen LogP contribution in [0.4, 0.5) is 0 Å². The Hall–Kier alpha value is 0.695. The fourth-order valence-corrected chi connectivity index (χ4v) is 4.99. The summed E-state index contributed by atoms with van der Waals surface area (Å²) in [7, 11) is -5.58. The van der Waals surface area contributed by atoms with Crippen LogP contribution >= 0.6 is 0 Å². The third-order valence-electron chi connectivity index (χ3n) is 2.13. The van der Waals surface area contributed by atoms with Gasteiger partial charge in [-0.15, -0.1) is 0 Å². The zero-order valence-electron chi connectivity index (χ0n) is 8.66. The molecule has 0 unspecified atom stereocenters. The van der Waals surface area contributed by atoms with E-state index in [9.17, 15) is 0 Å². The molecule has 1 rings (SSSR count). The van der Waals surface area contributed by atoms with Crippen molar-refractivity contribution in [1.29, 1.82) is 0 Å². The van der Waals surface area contributed by atoms with Crippen molar-refractivity contribution < 1.29 is 38.6 Å². The topological polar surface area (TPSA) is 127 Å². The van der Waals surface area contributed by atoms with Gasteiger partial charge in [-0.1, -0.05) is 13.1 Å². The first-order valence-electron chi connectivity index (χ1n) is 4.22. The number of nitrogens with two attached hydrogens (primary N) is 2. The van der Waals surface area contributed by atoms with Gasteiger partial charge in [-0.25, -0.2) is 0 Å². The SMILES string of the molecule is C[Si]1(C)C[C@@H](N)[C@H](N)C1.O=S(=O)(O)O.[Pt]. The number of rotatable bonds is 0. The molecule has 1 fully saturated rings. The van der Waals surface area contributed by atoms with Crippen molar-refractivity contribution in [2.45, 2.75) is 37.3 Å². The van der Waals surface area contributed by atoms with E-state index < -0.39 is 18.5 Å². The molecule has 96 valence electrons. The van der Waals surface area contributed by atoms with Crippen LogP contribution in [0, 0.1) is 0 Å². The molecule has 0 aromatic heterocycles. The van der Waals surface area contributed by atoms with Crippen molar-refractivity contribution in [1.82, 2.24) is 0 Å². The molecule has 0 saturated carbocycles. The van der Waals surface area contributed by atoms with Crippen molar-refractivity contribution in [3.8, 4) is 0 Å². The minimum atomic E-state index is -4.67. The molecule has 15 heavy (non-hydrogen) atoms. The second-order valence-corrected chi connectivity index (χ2v) is 10.4. The molecular weight excluding hydrogens is 419 g/mol. The predicted molar refractivity (Wildman–Crippen MR) is 57.2 cm³/mol. The van der Waals surface area contributed by atoms with E-state index in [1.807, 2.05) is 0 Å². The average Bonchev–Trinajstić information content (AvgIpc) is 1.99. The summed E-state index contributed by atoms with van der Waals surface area (Å²) in [5.41, 5.74) is 11.5. The van der Waals surface area contributed by atoms with Gasteiger partial charge in [0.25, 0.3) is 0 Å². The fraction of sp³-hybridized carbons (Fsp3) is 1.00. The maximum Gasteiger partial charge on any atom is 0.394 e. The molecule has 0 radical (unpaired) electrons. The van der Waals surface area contributed by atoms with Gasteiger partial charge in [-0.3, -0.25) is 9.11 Å². The van der Waals surface area contributed by atoms with Crippen LogP contribution in [0.3, 0.4) is 0 Å². The Morgan fingerprint density at radius 2 is 1.33 bits per heavy atom. The summed E-state index contributed by atoms with van der Waals surface area (Å²) in [5.74, 6) is 0. The van der Waals surface area contributed by atoms with Crippen LogP contribution in [0.5, 0.6) is 0 Å². The van der Waals surface area contributed by atoms with Gasteiger partial charge in [0.05, 0.1) is 8.07 Å². The van der Waals surface area contributed by atoms with Crippen LogP contribution in [0.1, 0.15) is 0 Å². The fourth-order valence-electron chi connectivity index (χ4n) is 1.66. The predicted octanol–water partition coefficient (Wildman–Crippen LogP) is -0.292. The molecule has 1 heterocycles. The monoisotopic (exact) mass is 437 g/mol. The van der Waals surface area contributed by atoms with Gasteiger partial charge in [-0.05, 0) is 12.1 Å². The molecule has 2 atom stereocenters. The third kappa shape index (κ3) is 11.0. The second-order valence-electron chi connectivity index (χ2n) is 4.35. The van der Waals surface area contributed by atoms with Crippen LogP contribution in [0.2, 0.25) is 25.2 Å². The number of hydrogen-bond donors (Lipinski definition) is 4. The van der Waals surface area contributed by atoms with Gasteiger partial charge in [0.2, 0.25) is 0 Å². The Morgan fingerprint density at radius 1 is 1.13 bits per heavy atom. The van der Waals surface area contributed by atoms with E-state index >= 15 is 0 Å². The first-order valence-corrected chi connectivity index (χ1v) is 9.03. The number of hydrogen-bond acceptors (Lipinski definition) is 4. The molecule has 1 aliphatic heterocycles. The van der Waals surface area contributed by atoms with Gasteiger partial charge < -0.3 is 11.5 Å². The van der Waals surface area contributed by atoms with E-state index in [1.165, 1.54) is 12.1 Å². The largest absolute Gasteiger partial charge is 0.394 e. The zero-order chi connectivity index (χ0) is 11.6. The van der Waals surface area contributed by atoms with Gasteiger partial charge in [0, 0.05) is 33.1 Å². The molecule has 0 amide bonds. The minimum absolute atomic E-state index is 0. The molecular formula is C6H18N2O4PtSSi. The minimum Gasteiger partial charge on any atom is -0.327 e. The summed E-state index contributed by atoms with van der Waals surface area (Å²) < 4.78 is 31.6. The summed E-state index contributed by atoms with van der Waals surface area (Å²) in [4.78, 5) is 0. The molecule has 0 aromatic carbocycles. The molecule has 6 nitrogen and oxygen atoms in total. The molecule has 0 spiro atoms. The summed E-state index contributed by atoms with van der Waals surface area (Å²) in [6.45, 7) is 4.72. The quantitative estimate of drug-likeness (QED) is 0.305. The van der Waals surface area contributed by atoms with Crippen LogP contribution in [-0.4, -0.2) is 37.7 Å². The third-order valence-corrected chi connectivity index (χ3v) is 5.28. The van der Waals surface area contributed by atoms with E-state index in [0.717, 1.165) is 0 Å². The van der Waals surface area contributed by atoms with E-state index in [0.29, 0.717) is 12.1 Å². The summed E-state index contributed by atoms with van der Waals surface area (Å²) >= 11 is 0. The van der Waals surface area contributed by atoms with Gasteiger partial charge >= 0.3 is 10.4 Å². The second kappa shape index (κ2) is 6.44. The van der Waals surface area contributed by atoms with Crippen molar-refractivity contribution >= 4 is 18.5 Å². The van der Waals surface area contributed by atoms with Crippen molar-refractivity contribution in [3.63, 3.8) is 0 Å².